The van der Waals surface area contributed by atoms with Crippen LogP contribution < -0.4 is 4.90 Å². The Bertz CT molecular complexity index is 508. The van der Waals surface area contributed by atoms with E-state index in [4.69, 9.17) is 0 Å². The molecule has 0 heterocycles. The van der Waals surface area contributed by atoms with Crippen LogP contribution in [0.5, 0.6) is 0 Å². The molecule has 0 fully saturated rings. The first-order valence-electron chi connectivity index (χ1n) is 5.36. The second-order valence-electron chi connectivity index (χ2n) is 3.93. The van der Waals surface area contributed by atoms with Crippen molar-refractivity contribution in [3.8, 4) is 0 Å². The fourth-order valence-corrected chi connectivity index (χ4v) is 1.56. The van der Waals surface area contributed by atoms with Gasteiger partial charge in [-0.25, -0.2) is 4.79 Å². The Morgan fingerprint density at radius 2 is 1.83 bits per heavy atom. The lowest BCUT2D eigenvalue weighted by atomic mass is 10.1. The van der Waals surface area contributed by atoms with Crippen LogP contribution >= 0.6 is 0 Å². The molecule has 0 spiro atoms. The minimum Gasteiger partial charge on any atom is -0.465 e. The number of carbonyl (C=O) groups is 3. The zero-order valence-electron chi connectivity index (χ0n) is 10.8. The molecule has 1 rings (SSSR count). The number of aryl methyl sites for hydroxylation is 1. The molecule has 0 aliphatic rings. The Kier molecular flexibility index (Phi) is 4.20. The summed E-state index contributed by atoms with van der Waals surface area (Å²) >= 11 is 0. The maximum absolute atomic E-state index is 11.6. The highest BCUT2D eigenvalue weighted by molar-refractivity contribution is 6.40. The van der Waals surface area contributed by atoms with Gasteiger partial charge in [0.1, 0.15) is 0 Å². The first kappa shape index (κ1) is 13.9. The fourth-order valence-electron chi connectivity index (χ4n) is 1.56. The van der Waals surface area contributed by atoms with Crippen LogP contribution in [0.25, 0.3) is 0 Å². The molecule has 0 radical (unpaired) electrons. The molecule has 0 aliphatic heterocycles. The predicted octanol–water partition coefficient (Wildman–Crippen LogP) is 1.33. The third-order valence-corrected chi connectivity index (χ3v) is 2.52. The van der Waals surface area contributed by atoms with Crippen molar-refractivity contribution in [2.45, 2.75) is 13.8 Å². The number of nitrogens with zero attached hydrogens (tertiary/aromatic N) is 1. The number of Topliss-reactive ketones (excluding diaryl/α,β-unsaturated/α-hetero) is 1. The first-order valence-corrected chi connectivity index (χ1v) is 5.36. The Balaban J connectivity index is 3.27. The molecule has 0 saturated heterocycles. The van der Waals surface area contributed by atoms with E-state index < -0.39 is 17.7 Å². The monoisotopic (exact) mass is 249 g/mol. The molecule has 1 aromatic rings. The topological polar surface area (TPSA) is 63.7 Å². The summed E-state index contributed by atoms with van der Waals surface area (Å²) in [4.78, 5) is 35.5. The van der Waals surface area contributed by atoms with Gasteiger partial charge in [-0.1, -0.05) is 11.6 Å². The van der Waals surface area contributed by atoms with Gasteiger partial charge in [-0.05, 0) is 19.1 Å². The molecule has 0 aliphatic carbocycles. The van der Waals surface area contributed by atoms with E-state index in [2.05, 4.69) is 4.74 Å². The van der Waals surface area contributed by atoms with Gasteiger partial charge in [0, 0.05) is 14.0 Å². The van der Waals surface area contributed by atoms with Crippen molar-refractivity contribution in [3.63, 3.8) is 0 Å². The Morgan fingerprint density at radius 3 is 2.33 bits per heavy atom. The molecule has 0 bridgehead atoms. The summed E-state index contributed by atoms with van der Waals surface area (Å²) in [6.45, 7) is 3.01. The van der Waals surface area contributed by atoms with Crippen LogP contribution in [0.2, 0.25) is 0 Å². The van der Waals surface area contributed by atoms with Crippen LogP contribution in [-0.2, 0) is 14.3 Å². The average molecular weight is 249 g/mol. The molecule has 1 amide bonds. The van der Waals surface area contributed by atoms with Crippen molar-refractivity contribution >= 4 is 23.3 Å². The molecule has 5 heteroatoms. The van der Waals surface area contributed by atoms with E-state index in [1.807, 2.05) is 6.92 Å². The van der Waals surface area contributed by atoms with Crippen LogP contribution in [0, 0.1) is 6.92 Å². The van der Waals surface area contributed by atoms with Crippen molar-refractivity contribution in [1.29, 1.82) is 0 Å². The predicted molar refractivity (Wildman–Crippen MR) is 66.6 cm³/mol. The summed E-state index contributed by atoms with van der Waals surface area (Å²) in [7, 11) is 2.71. The molecule has 0 saturated carbocycles. The SMILES string of the molecule is COC(=O)c1cc(C)ccc1N(C)C(=O)C(C)=O. The molecule has 5 nitrogen and oxygen atoms in total. The largest absolute Gasteiger partial charge is 0.465 e. The maximum Gasteiger partial charge on any atom is 0.339 e. The lowest BCUT2D eigenvalue weighted by Gasteiger charge is -2.18. The Morgan fingerprint density at radius 1 is 1.22 bits per heavy atom. The van der Waals surface area contributed by atoms with E-state index in [1.165, 1.54) is 21.1 Å². The van der Waals surface area contributed by atoms with Crippen LogP contribution in [-0.4, -0.2) is 31.8 Å². The van der Waals surface area contributed by atoms with Gasteiger partial charge < -0.3 is 9.64 Å². The van der Waals surface area contributed by atoms with Crippen molar-refractivity contribution in [2.24, 2.45) is 0 Å². The lowest BCUT2D eigenvalue weighted by molar-refractivity contribution is -0.134. The number of likely N-dealkylation sites (N-methyl/N-ethyl adjacent to an activating group) is 1. The molecule has 0 aromatic heterocycles. The molecule has 0 atom stereocenters. The number of hydrogen-bond donors (Lipinski definition) is 0. The Labute approximate surface area is 105 Å². The van der Waals surface area contributed by atoms with E-state index in [9.17, 15) is 14.4 Å². The lowest BCUT2D eigenvalue weighted by Crippen LogP contribution is -2.32. The van der Waals surface area contributed by atoms with Crippen molar-refractivity contribution < 1.29 is 19.1 Å². The number of rotatable bonds is 3. The quantitative estimate of drug-likeness (QED) is 0.599. The number of hydrogen-bond acceptors (Lipinski definition) is 4. The zero-order chi connectivity index (χ0) is 13.9. The standard InChI is InChI=1S/C13H15NO4/c1-8-5-6-11(10(7-8)13(17)18-4)14(3)12(16)9(2)15/h5-7H,1-4H3. The number of esters is 1. The highest BCUT2D eigenvalue weighted by atomic mass is 16.5. The van der Waals surface area contributed by atoms with Crippen molar-refractivity contribution in [1.82, 2.24) is 0 Å². The number of benzene rings is 1. The number of ketones is 1. The number of carbonyl (C=O) groups excluding carboxylic acids is 3. The van der Waals surface area contributed by atoms with E-state index in [0.717, 1.165) is 10.5 Å². The third-order valence-electron chi connectivity index (χ3n) is 2.52. The van der Waals surface area contributed by atoms with Gasteiger partial charge >= 0.3 is 5.97 Å². The smallest absolute Gasteiger partial charge is 0.339 e. The summed E-state index contributed by atoms with van der Waals surface area (Å²) in [6.07, 6.45) is 0. The second-order valence-corrected chi connectivity index (χ2v) is 3.93. The van der Waals surface area contributed by atoms with Crippen LogP contribution in [0.1, 0.15) is 22.8 Å². The molecule has 18 heavy (non-hydrogen) atoms. The van der Waals surface area contributed by atoms with Gasteiger partial charge in [0.25, 0.3) is 5.91 Å². The van der Waals surface area contributed by atoms with Gasteiger partial charge in [-0.2, -0.15) is 0 Å². The average Bonchev–Trinajstić information content (AvgIpc) is 2.35. The minimum atomic E-state index is -0.677. The normalized spacial score (nSPS) is 9.78. The van der Waals surface area contributed by atoms with E-state index in [-0.39, 0.29) is 5.56 Å². The number of methoxy groups -OCH3 is 1. The van der Waals surface area contributed by atoms with Crippen molar-refractivity contribution in [2.75, 3.05) is 19.1 Å². The van der Waals surface area contributed by atoms with Crippen molar-refractivity contribution in [3.05, 3.63) is 29.3 Å². The maximum atomic E-state index is 11.6. The zero-order valence-corrected chi connectivity index (χ0v) is 10.8. The van der Waals surface area contributed by atoms with E-state index >= 15 is 0 Å². The summed E-state index contributed by atoms with van der Waals surface area (Å²) in [5.74, 6) is -1.81. The molecular weight excluding hydrogens is 234 g/mol. The molecule has 0 N–H and O–H groups in total. The molecule has 0 unspecified atom stereocenters. The van der Waals surface area contributed by atoms with Crippen LogP contribution in [0.15, 0.2) is 18.2 Å². The van der Waals surface area contributed by atoms with Gasteiger partial charge in [-0.3, -0.25) is 9.59 Å². The molecule has 96 valence electrons. The van der Waals surface area contributed by atoms with Gasteiger partial charge in [0.2, 0.25) is 5.78 Å². The fraction of sp³-hybridized carbons (Fsp3) is 0.308. The van der Waals surface area contributed by atoms with Gasteiger partial charge in [0.15, 0.2) is 0 Å². The molecular formula is C13H15NO4. The van der Waals surface area contributed by atoms with E-state index in [1.54, 1.807) is 18.2 Å². The van der Waals surface area contributed by atoms with Crippen LogP contribution in [0.3, 0.4) is 0 Å². The van der Waals surface area contributed by atoms with Crippen LogP contribution in [0.4, 0.5) is 5.69 Å². The highest BCUT2D eigenvalue weighted by Gasteiger charge is 2.21. The van der Waals surface area contributed by atoms with Gasteiger partial charge in [-0.15, -0.1) is 0 Å². The third kappa shape index (κ3) is 2.74. The summed E-state index contributed by atoms with van der Waals surface area (Å²) in [5.41, 5.74) is 1.48. The van der Waals surface area contributed by atoms with E-state index in [0.29, 0.717) is 5.69 Å². The summed E-state index contributed by atoms with van der Waals surface area (Å²) < 4.78 is 4.66. The number of amides is 1. The Hall–Kier alpha value is -2.17. The number of ether oxygens (including phenoxy) is 1. The number of anilines is 1. The summed E-state index contributed by atoms with van der Waals surface area (Å²) in [5, 5.41) is 0. The minimum absolute atomic E-state index is 0.259. The van der Waals surface area contributed by atoms with Gasteiger partial charge in [0.05, 0.1) is 18.4 Å². The summed E-state index contributed by atoms with van der Waals surface area (Å²) in [6, 6.07) is 4.99. The second kappa shape index (κ2) is 5.44. The molecule has 1 aromatic carbocycles. The first-order chi connectivity index (χ1) is 8.38. The highest BCUT2D eigenvalue weighted by Crippen LogP contribution is 2.22.